The van der Waals surface area contributed by atoms with Crippen LogP contribution in [-0.2, 0) is 10.0 Å². The van der Waals surface area contributed by atoms with Gasteiger partial charge in [-0.05, 0) is 40.2 Å². The lowest BCUT2D eigenvalue weighted by atomic mass is 10.3. The Morgan fingerprint density at radius 1 is 1.05 bits per heavy atom. The lowest BCUT2D eigenvalue weighted by Crippen LogP contribution is -2.23. The first kappa shape index (κ1) is 15.8. The lowest BCUT2D eigenvalue weighted by Gasteiger charge is -2.16. The fraction of sp³-hybridized carbons (Fsp3) is 0.143. The van der Waals surface area contributed by atoms with Gasteiger partial charge in [0.25, 0.3) is 0 Å². The molecule has 2 aromatic carbocycles. The number of hydrogen-bond acceptors (Lipinski definition) is 4. The van der Waals surface area contributed by atoms with E-state index in [0.29, 0.717) is 11.5 Å². The fourth-order valence-corrected chi connectivity index (χ4v) is 3.07. The van der Waals surface area contributed by atoms with Gasteiger partial charge in [-0.3, -0.25) is 0 Å². The van der Waals surface area contributed by atoms with Gasteiger partial charge < -0.3 is 10.5 Å². The Balaban J connectivity index is 2.47. The summed E-state index contributed by atoms with van der Waals surface area (Å²) in [5, 5.41) is 0. The van der Waals surface area contributed by atoms with Crippen LogP contribution in [0.5, 0.6) is 11.5 Å². The monoisotopic (exact) mass is 370 g/mol. The second kappa shape index (κ2) is 6.05. The third-order valence-corrected chi connectivity index (χ3v) is 5.37. The Hall–Kier alpha value is -1.57. The van der Waals surface area contributed by atoms with E-state index in [9.17, 15) is 8.42 Å². The molecule has 2 rings (SSSR count). The Labute approximate surface area is 132 Å². The second-order valence-corrected chi connectivity index (χ2v) is 7.46. The minimum Gasteiger partial charge on any atom is -0.454 e. The van der Waals surface area contributed by atoms with Crippen LogP contribution in [0.2, 0.25) is 0 Å². The highest BCUT2D eigenvalue weighted by Crippen LogP contribution is 2.35. The summed E-state index contributed by atoms with van der Waals surface area (Å²) in [7, 11) is -0.707. The van der Waals surface area contributed by atoms with E-state index in [1.165, 1.54) is 20.2 Å². The number of rotatable bonds is 4. The highest BCUT2D eigenvalue weighted by atomic mass is 79.9. The molecule has 0 saturated heterocycles. The van der Waals surface area contributed by atoms with E-state index in [-0.39, 0.29) is 10.6 Å². The zero-order valence-electron chi connectivity index (χ0n) is 11.6. The van der Waals surface area contributed by atoms with Crippen LogP contribution >= 0.6 is 15.9 Å². The van der Waals surface area contributed by atoms with Crippen molar-refractivity contribution in [3.8, 4) is 11.5 Å². The van der Waals surface area contributed by atoms with Crippen LogP contribution < -0.4 is 10.5 Å². The molecule has 0 unspecified atom stereocenters. The number of nitrogen functional groups attached to an aromatic ring is 1. The number of nitrogens with two attached hydrogens (primary N) is 1. The Kier molecular flexibility index (Phi) is 4.55. The van der Waals surface area contributed by atoms with Crippen LogP contribution in [0.25, 0.3) is 0 Å². The molecule has 0 heterocycles. The maximum Gasteiger partial charge on any atom is 0.244 e. The van der Waals surface area contributed by atoms with Gasteiger partial charge in [0, 0.05) is 14.1 Å². The van der Waals surface area contributed by atoms with Crippen LogP contribution in [0.1, 0.15) is 0 Å². The average molecular weight is 371 g/mol. The molecule has 0 aliphatic carbocycles. The summed E-state index contributed by atoms with van der Waals surface area (Å²) in [5.74, 6) is 0.855. The zero-order valence-corrected chi connectivity index (χ0v) is 14.0. The van der Waals surface area contributed by atoms with E-state index < -0.39 is 10.0 Å². The zero-order chi connectivity index (χ0) is 15.6. The van der Waals surface area contributed by atoms with E-state index >= 15 is 0 Å². The van der Waals surface area contributed by atoms with Crippen LogP contribution in [0, 0.1) is 0 Å². The second-order valence-electron chi connectivity index (χ2n) is 4.49. The molecule has 0 spiro atoms. The van der Waals surface area contributed by atoms with Gasteiger partial charge in [-0.15, -0.1) is 0 Å². The largest absolute Gasteiger partial charge is 0.454 e. The van der Waals surface area contributed by atoms with Gasteiger partial charge >= 0.3 is 0 Å². The molecule has 0 aliphatic rings. The average Bonchev–Trinajstić information content (AvgIpc) is 2.43. The van der Waals surface area contributed by atoms with E-state index in [2.05, 4.69) is 15.9 Å². The molecular weight excluding hydrogens is 356 g/mol. The normalized spacial score (nSPS) is 11.6. The highest BCUT2D eigenvalue weighted by molar-refractivity contribution is 9.10. The number of para-hydroxylation sites is 2. The molecule has 0 saturated carbocycles. The molecule has 2 N–H and O–H groups in total. The van der Waals surface area contributed by atoms with Gasteiger partial charge in [-0.25, -0.2) is 12.7 Å². The topological polar surface area (TPSA) is 72.6 Å². The number of hydrogen-bond donors (Lipinski definition) is 1. The Morgan fingerprint density at radius 3 is 2.29 bits per heavy atom. The molecule has 0 fully saturated rings. The maximum absolute atomic E-state index is 12.2. The predicted molar refractivity (Wildman–Crippen MR) is 85.9 cm³/mol. The van der Waals surface area contributed by atoms with E-state index in [0.717, 1.165) is 8.78 Å². The summed E-state index contributed by atoms with van der Waals surface area (Å²) in [4.78, 5) is 0.0250. The van der Waals surface area contributed by atoms with Crippen LogP contribution in [0.4, 0.5) is 5.69 Å². The molecule has 5 nitrogen and oxygen atoms in total. The molecule has 0 aromatic heterocycles. The standard InChI is InChI=1S/C14H15BrN2O3S/c1-17(2)21(18,19)13-9-5-8-12(14(13)16)20-11-7-4-3-6-10(11)15/h3-9H,16H2,1-2H3. The van der Waals surface area contributed by atoms with E-state index in [1.807, 2.05) is 18.2 Å². The van der Waals surface area contributed by atoms with Crippen molar-refractivity contribution in [3.05, 3.63) is 46.9 Å². The van der Waals surface area contributed by atoms with Crippen molar-refractivity contribution >= 4 is 31.6 Å². The summed E-state index contributed by atoms with van der Waals surface area (Å²) in [6.07, 6.45) is 0. The Bertz CT molecular complexity index is 761. The number of anilines is 1. The van der Waals surface area contributed by atoms with Crippen molar-refractivity contribution in [2.45, 2.75) is 4.90 Å². The molecular formula is C14H15BrN2O3S. The van der Waals surface area contributed by atoms with Gasteiger partial charge in [0.05, 0.1) is 10.2 Å². The van der Waals surface area contributed by atoms with Crippen LogP contribution in [0.3, 0.4) is 0 Å². The molecule has 0 amide bonds. The van der Waals surface area contributed by atoms with Gasteiger partial charge in [0.1, 0.15) is 10.6 Å². The molecule has 0 radical (unpaired) electrons. The van der Waals surface area contributed by atoms with Crippen molar-refractivity contribution < 1.29 is 13.2 Å². The van der Waals surface area contributed by atoms with Crippen LogP contribution in [0.15, 0.2) is 51.8 Å². The van der Waals surface area contributed by atoms with E-state index in [4.69, 9.17) is 10.5 Å². The number of halogens is 1. The fourth-order valence-electron chi connectivity index (χ4n) is 1.68. The van der Waals surface area contributed by atoms with Crippen LogP contribution in [-0.4, -0.2) is 26.8 Å². The molecule has 21 heavy (non-hydrogen) atoms. The molecule has 0 bridgehead atoms. The lowest BCUT2D eigenvalue weighted by molar-refractivity contribution is 0.479. The van der Waals surface area contributed by atoms with Crippen molar-refractivity contribution in [2.75, 3.05) is 19.8 Å². The summed E-state index contributed by atoms with van der Waals surface area (Å²) in [6.45, 7) is 0. The van der Waals surface area contributed by atoms with Gasteiger partial charge in [0.15, 0.2) is 5.75 Å². The van der Waals surface area contributed by atoms with Crippen molar-refractivity contribution in [3.63, 3.8) is 0 Å². The SMILES string of the molecule is CN(C)S(=O)(=O)c1cccc(Oc2ccccc2Br)c1N. The van der Waals surface area contributed by atoms with Gasteiger partial charge in [-0.2, -0.15) is 0 Å². The molecule has 0 aliphatic heterocycles. The minimum absolute atomic E-state index is 0.0250. The summed E-state index contributed by atoms with van der Waals surface area (Å²) < 4.78 is 32.0. The minimum atomic E-state index is -3.62. The van der Waals surface area contributed by atoms with Gasteiger partial charge in [0.2, 0.25) is 10.0 Å². The first-order valence-electron chi connectivity index (χ1n) is 6.07. The van der Waals surface area contributed by atoms with Crippen molar-refractivity contribution in [1.82, 2.24) is 4.31 Å². The predicted octanol–water partition coefficient (Wildman–Crippen LogP) is 3.07. The summed E-state index contributed by atoms with van der Waals surface area (Å²) in [5.41, 5.74) is 6.04. The maximum atomic E-state index is 12.2. The third-order valence-electron chi connectivity index (χ3n) is 2.84. The molecule has 7 heteroatoms. The van der Waals surface area contributed by atoms with Crippen molar-refractivity contribution in [1.29, 1.82) is 0 Å². The number of nitrogens with zero attached hydrogens (tertiary/aromatic N) is 1. The highest BCUT2D eigenvalue weighted by Gasteiger charge is 2.22. The quantitative estimate of drug-likeness (QED) is 0.839. The molecule has 2 aromatic rings. The Morgan fingerprint density at radius 2 is 1.67 bits per heavy atom. The first-order chi connectivity index (χ1) is 9.84. The summed E-state index contributed by atoms with van der Waals surface area (Å²) >= 11 is 3.37. The van der Waals surface area contributed by atoms with E-state index in [1.54, 1.807) is 18.2 Å². The molecule has 0 atom stereocenters. The third kappa shape index (κ3) is 3.20. The van der Waals surface area contributed by atoms with Crippen molar-refractivity contribution in [2.24, 2.45) is 0 Å². The molecule has 112 valence electrons. The smallest absolute Gasteiger partial charge is 0.244 e. The number of ether oxygens (including phenoxy) is 1. The first-order valence-corrected chi connectivity index (χ1v) is 8.30. The number of sulfonamides is 1. The number of benzene rings is 2. The van der Waals surface area contributed by atoms with Gasteiger partial charge in [-0.1, -0.05) is 18.2 Å². The summed E-state index contributed by atoms with van der Waals surface area (Å²) in [6, 6.07) is 11.9.